The number of nitrogens with one attached hydrogen (secondary N) is 1. The standard InChI is InChI=1S/C14H14N2O5/c1-15-11(17)7-16-12(18)4-3-8-5-9(14(19)20)6-10(21-2)13(8)16/h3-6H,7H2,1-2H3,(H,15,17)(H,19,20). The molecule has 0 bridgehead atoms. The van der Waals surface area contributed by atoms with Crippen molar-refractivity contribution in [2.75, 3.05) is 14.2 Å². The summed E-state index contributed by atoms with van der Waals surface area (Å²) in [5.41, 5.74) is 0.0653. The van der Waals surface area contributed by atoms with Crippen LogP contribution in [0.25, 0.3) is 10.9 Å². The molecule has 1 aromatic heterocycles. The van der Waals surface area contributed by atoms with E-state index in [9.17, 15) is 14.4 Å². The van der Waals surface area contributed by atoms with Gasteiger partial charge in [0.05, 0.1) is 18.2 Å². The lowest BCUT2D eigenvalue weighted by Crippen LogP contribution is -2.30. The lowest BCUT2D eigenvalue weighted by Gasteiger charge is -2.13. The Kier molecular flexibility index (Phi) is 3.93. The molecule has 0 spiro atoms. The molecular formula is C14H14N2O5. The summed E-state index contributed by atoms with van der Waals surface area (Å²) in [7, 11) is 2.85. The number of aromatic carboxylic acids is 1. The summed E-state index contributed by atoms with van der Waals surface area (Å²) >= 11 is 0. The summed E-state index contributed by atoms with van der Waals surface area (Å²) in [5.74, 6) is -1.21. The van der Waals surface area contributed by atoms with Crippen molar-refractivity contribution in [2.45, 2.75) is 6.54 Å². The highest BCUT2D eigenvalue weighted by atomic mass is 16.5. The molecule has 7 nitrogen and oxygen atoms in total. The van der Waals surface area contributed by atoms with E-state index in [0.29, 0.717) is 10.9 Å². The monoisotopic (exact) mass is 290 g/mol. The Morgan fingerprint density at radius 2 is 2.05 bits per heavy atom. The average Bonchev–Trinajstić information content (AvgIpc) is 2.48. The molecule has 0 aliphatic heterocycles. The molecule has 21 heavy (non-hydrogen) atoms. The second-order valence-electron chi connectivity index (χ2n) is 4.35. The third kappa shape index (κ3) is 2.71. The maximum Gasteiger partial charge on any atom is 0.335 e. The second-order valence-corrected chi connectivity index (χ2v) is 4.35. The van der Waals surface area contributed by atoms with Gasteiger partial charge in [0.2, 0.25) is 5.91 Å². The van der Waals surface area contributed by atoms with Crippen molar-refractivity contribution < 1.29 is 19.4 Å². The molecule has 0 aliphatic carbocycles. The van der Waals surface area contributed by atoms with Gasteiger partial charge in [-0.1, -0.05) is 0 Å². The molecule has 1 heterocycles. The molecule has 0 atom stereocenters. The molecule has 2 aromatic rings. The van der Waals surface area contributed by atoms with Crippen LogP contribution in [0.15, 0.2) is 29.1 Å². The number of fused-ring (bicyclic) bond motifs is 1. The van der Waals surface area contributed by atoms with Crippen molar-refractivity contribution in [3.63, 3.8) is 0 Å². The summed E-state index contributed by atoms with van der Waals surface area (Å²) in [5, 5.41) is 12.0. The summed E-state index contributed by atoms with van der Waals surface area (Å²) in [6, 6.07) is 5.55. The lowest BCUT2D eigenvalue weighted by molar-refractivity contribution is -0.121. The summed E-state index contributed by atoms with van der Waals surface area (Å²) in [6.07, 6.45) is 0. The van der Waals surface area contributed by atoms with Gasteiger partial charge in [0.1, 0.15) is 12.3 Å². The molecule has 2 rings (SSSR count). The van der Waals surface area contributed by atoms with Gasteiger partial charge in [-0.3, -0.25) is 14.2 Å². The lowest BCUT2D eigenvalue weighted by atomic mass is 10.1. The van der Waals surface area contributed by atoms with E-state index in [-0.39, 0.29) is 29.3 Å². The molecule has 0 aliphatic rings. The first-order valence-corrected chi connectivity index (χ1v) is 6.13. The Morgan fingerprint density at radius 3 is 2.62 bits per heavy atom. The molecule has 2 N–H and O–H groups in total. The highest BCUT2D eigenvalue weighted by Gasteiger charge is 2.15. The van der Waals surface area contributed by atoms with Crippen LogP contribution in [0.1, 0.15) is 10.4 Å². The fraction of sp³-hybridized carbons (Fsp3) is 0.214. The summed E-state index contributed by atoms with van der Waals surface area (Å²) < 4.78 is 6.42. The van der Waals surface area contributed by atoms with E-state index in [2.05, 4.69) is 5.32 Å². The van der Waals surface area contributed by atoms with Crippen molar-refractivity contribution >= 4 is 22.8 Å². The molecule has 1 amide bonds. The normalized spacial score (nSPS) is 10.4. The molecule has 0 radical (unpaired) electrons. The van der Waals surface area contributed by atoms with E-state index in [1.165, 1.54) is 43.0 Å². The van der Waals surface area contributed by atoms with Gasteiger partial charge in [0, 0.05) is 18.5 Å². The van der Waals surface area contributed by atoms with Gasteiger partial charge in [-0.2, -0.15) is 0 Å². The molecule has 1 aromatic carbocycles. The van der Waals surface area contributed by atoms with Crippen LogP contribution < -0.4 is 15.6 Å². The van der Waals surface area contributed by atoms with Crippen LogP contribution >= 0.6 is 0 Å². The van der Waals surface area contributed by atoms with Gasteiger partial charge >= 0.3 is 5.97 Å². The van der Waals surface area contributed by atoms with E-state index in [0.717, 1.165) is 0 Å². The predicted molar refractivity (Wildman–Crippen MR) is 75.8 cm³/mol. The topological polar surface area (TPSA) is 97.6 Å². The van der Waals surface area contributed by atoms with Gasteiger partial charge < -0.3 is 15.2 Å². The summed E-state index contributed by atoms with van der Waals surface area (Å²) in [4.78, 5) is 34.6. The number of rotatable bonds is 4. The largest absolute Gasteiger partial charge is 0.495 e. The minimum absolute atomic E-state index is 0.0458. The highest BCUT2D eigenvalue weighted by molar-refractivity contribution is 5.96. The number of carbonyl (C=O) groups excluding carboxylic acids is 1. The number of hydrogen-bond acceptors (Lipinski definition) is 4. The van der Waals surface area contributed by atoms with E-state index in [4.69, 9.17) is 9.84 Å². The molecular weight excluding hydrogens is 276 g/mol. The van der Waals surface area contributed by atoms with Crippen molar-refractivity contribution in [3.8, 4) is 5.75 Å². The van der Waals surface area contributed by atoms with Gasteiger partial charge in [-0.05, 0) is 18.2 Å². The quantitative estimate of drug-likeness (QED) is 0.852. The number of aromatic nitrogens is 1. The van der Waals surface area contributed by atoms with Crippen LogP contribution in [0.3, 0.4) is 0 Å². The zero-order valence-corrected chi connectivity index (χ0v) is 11.5. The third-order valence-corrected chi connectivity index (χ3v) is 3.09. The number of likely N-dealkylation sites (N-methyl/N-ethyl adjacent to an activating group) is 1. The number of carbonyl (C=O) groups is 2. The minimum Gasteiger partial charge on any atom is -0.495 e. The first kappa shape index (κ1) is 14.6. The number of methoxy groups -OCH3 is 1. The van der Waals surface area contributed by atoms with Crippen LogP contribution in [0.4, 0.5) is 0 Å². The van der Waals surface area contributed by atoms with Crippen molar-refractivity contribution in [1.29, 1.82) is 0 Å². The van der Waals surface area contributed by atoms with Crippen molar-refractivity contribution in [3.05, 3.63) is 40.2 Å². The van der Waals surface area contributed by atoms with Crippen LogP contribution in [-0.4, -0.2) is 35.7 Å². The van der Waals surface area contributed by atoms with E-state index >= 15 is 0 Å². The molecule has 0 saturated heterocycles. The van der Waals surface area contributed by atoms with Crippen LogP contribution in [0, 0.1) is 0 Å². The van der Waals surface area contributed by atoms with Crippen molar-refractivity contribution in [2.24, 2.45) is 0 Å². The number of nitrogens with zero attached hydrogens (tertiary/aromatic N) is 1. The Morgan fingerprint density at radius 1 is 1.33 bits per heavy atom. The number of benzene rings is 1. The fourth-order valence-electron chi connectivity index (χ4n) is 2.07. The zero-order chi connectivity index (χ0) is 15.6. The van der Waals surface area contributed by atoms with Gasteiger partial charge in [-0.15, -0.1) is 0 Å². The maximum absolute atomic E-state index is 12.0. The molecule has 0 fully saturated rings. The smallest absolute Gasteiger partial charge is 0.335 e. The summed E-state index contributed by atoms with van der Waals surface area (Å²) in [6.45, 7) is -0.171. The molecule has 0 unspecified atom stereocenters. The minimum atomic E-state index is -1.10. The fourth-order valence-corrected chi connectivity index (χ4v) is 2.07. The first-order chi connectivity index (χ1) is 9.97. The maximum atomic E-state index is 12.0. The molecule has 7 heteroatoms. The van der Waals surface area contributed by atoms with Crippen LogP contribution in [0.2, 0.25) is 0 Å². The number of pyridine rings is 1. The molecule has 0 saturated carbocycles. The third-order valence-electron chi connectivity index (χ3n) is 3.09. The van der Waals surface area contributed by atoms with Gasteiger partial charge in [-0.25, -0.2) is 4.79 Å². The zero-order valence-electron chi connectivity index (χ0n) is 11.5. The Balaban J connectivity index is 2.79. The first-order valence-electron chi connectivity index (χ1n) is 6.13. The Bertz CT molecular complexity index is 779. The molecule has 110 valence electrons. The van der Waals surface area contributed by atoms with Gasteiger partial charge in [0.15, 0.2) is 0 Å². The Labute approximate surface area is 119 Å². The predicted octanol–water partition coefficient (Wildman–Crippen LogP) is 0.454. The number of hydrogen-bond donors (Lipinski definition) is 2. The highest BCUT2D eigenvalue weighted by Crippen LogP contribution is 2.26. The van der Waals surface area contributed by atoms with Gasteiger partial charge in [0.25, 0.3) is 5.56 Å². The number of amides is 1. The van der Waals surface area contributed by atoms with Crippen LogP contribution in [0.5, 0.6) is 5.75 Å². The number of ether oxygens (including phenoxy) is 1. The van der Waals surface area contributed by atoms with E-state index < -0.39 is 5.97 Å². The number of carboxylic acid groups (broad SMARTS) is 1. The van der Waals surface area contributed by atoms with Crippen molar-refractivity contribution in [1.82, 2.24) is 9.88 Å². The van der Waals surface area contributed by atoms with E-state index in [1.54, 1.807) is 0 Å². The van der Waals surface area contributed by atoms with Crippen LogP contribution in [-0.2, 0) is 11.3 Å². The second kappa shape index (κ2) is 5.66. The average molecular weight is 290 g/mol. The SMILES string of the molecule is CNC(=O)Cn1c(=O)ccc2cc(C(=O)O)cc(OC)c21. The Hall–Kier alpha value is -2.83. The number of carboxylic acids is 1. The van der Waals surface area contributed by atoms with E-state index in [1.807, 2.05) is 0 Å².